The van der Waals surface area contributed by atoms with Crippen LogP contribution in [0.1, 0.15) is 42.9 Å². The lowest BCUT2D eigenvalue weighted by atomic mass is 9.95. The van der Waals surface area contributed by atoms with Crippen LogP contribution in [0.4, 0.5) is 11.5 Å². The van der Waals surface area contributed by atoms with Gasteiger partial charge in [-0.1, -0.05) is 30.3 Å². The molecule has 0 bridgehead atoms. The van der Waals surface area contributed by atoms with Crippen molar-refractivity contribution in [2.45, 2.75) is 31.6 Å². The molecule has 5 rings (SSSR count). The van der Waals surface area contributed by atoms with Gasteiger partial charge in [0.15, 0.2) is 5.82 Å². The Morgan fingerprint density at radius 1 is 1.19 bits per heavy atom. The minimum absolute atomic E-state index is 0.129. The maximum absolute atomic E-state index is 12.9. The first-order valence-electron chi connectivity index (χ1n) is 12.7. The van der Waals surface area contributed by atoms with Crippen molar-refractivity contribution in [3.63, 3.8) is 0 Å². The number of H-pyrrole nitrogens is 1. The molecule has 3 N–H and O–H groups in total. The Bertz CT molecular complexity index is 1280. The van der Waals surface area contributed by atoms with Gasteiger partial charge < -0.3 is 15.4 Å². The second kappa shape index (κ2) is 11.5. The summed E-state index contributed by atoms with van der Waals surface area (Å²) in [6, 6.07) is 11.4. The van der Waals surface area contributed by atoms with Crippen LogP contribution in [0.25, 0.3) is 11.1 Å². The first kappa shape index (κ1) is 24.9. The summed E-state index contributed by atoms with van der Waals surface area (Å²) in [6.07, 6.45) is 9.14. The minimum Gasteiger partial charge on any atom is -0.379 e. The van der Waals surface area contributed by atoms with E-state index in [-0.39, 0.29) is 17.7 Å². The summed E-state index contributed by atoms with van der Waals surface area (Å²) in [5, 5.41) is 13.1. The Hall–Kier alpha value is -3.82. The number of morpholine rings is 1. The van der Waals surface area contributed by atoms with Crippen molar-refractivity contribution in [3.8, 4) is 11.1 Å². The summed E-state index contributed by atoms with van der Waals surface area (Å²) in [5.74, 6) is 0.375. The summed E-state index contributed by atoms with van der Waals surface area (Å²) >= 11 is 0. The number of hydrogen-bond donors (Lipinski definition) is 3. The molecule has 1 saturated carbocycles. The van der Waals surface area contributed by atoms with Crippen LogP contribution in [0.15, 0.2) is 60.9 Å². The topological polar surface area (TPSA) is 112 Å². The lowest BCUT2D eigenvalue weighted by Crippen LogP contribution is -2.36. The Labute approximate surface area is 216 Å². The van der Waals surface area contributed by atoms with Gasteiger partial charge in [-0.25, -0.2) is 0 Å². The molecule has 1 aliphatic heterocycles. The van der Waals surface area contributed by atoms with Crippen molar-refractivity contribution < 1.29 is 14.3 Å². The van der Waals surface area contributed by atoms with Gasteiger partial charge in [0.2, 0.25) is 11.8 Å². The van der Waals surface area contributed by atoms with E-state index in [1.54, 1.807) is 24.5 Å². The third-order valence-electron chi connectivity index (χ3n) is 6.77. The van der Waals surface area contributed by atoms with Crippen LogP contribution < -0.4 is 10.6 Å². The highest BCUT2D eigenvalue weighted by molar-refractivity contribution is 6.02. The molecule has 1 aromatic carbocycles. The van der Waals surface area contributed by atoms with Gasteiger partial charge in [0.1, 0.15) is 0 Å². The third kappa shape index (κ3) is 6.49. The van der Waals surface area contributed by atoms with E-state index >= 15 is 0 Å². The third-order valence-corrected chi connectivity index (χ3v) is 6.77. The van der Waals surface area contributed by atoms with E-state index in [0.717, 1.165) is 48.7 Å². The number of aromatic nitrogens is 3. The Morgan fingerprint density at radius 2 is 2.03 bits per heavy atom. The van der Waals surface area contributed by atoms with E-state index in [2.05, 4.69) is 30.7 Å². The van der Waals surface area contributed by atoms with E-state index in [9.17, 15) is 9.59 Å². The SMILES string of the molecule is CC(C(=O)Nc1cc(C2CC2)[nH]n1)c1cccc(-c2cnccc2NC(=O)/C=C/CN2CCOCC2)c1. The molecule has 192 valence electrons. The van der Waals surface area contributed by atoms with E-state index in [1.165, 1.54) is 12.8 Å². The number of benzene rings is 1. The standard InChI is InChI=1S/C28H32N6O3/c1-19(28(36)31-26-17-25(32-33-26)20-7-8-20)21-4-2-5-22(16-21)23-18-29-10-9-24(23)30-27(35)6-3-11-34-12-14-37-15-13-34/h2-6,9-10,16-20H,7-8,11-15H2,1H3,(H,29,30,35)(H2,31,32,33,36)/b6-3+. The second-order valence-electron chi connectivity index (χ2n) is 9.55. The highest BCUT2D eigenvalue weighted by Crippen LogP contribution is 2.39. The Balaban J connectivity index is 1.24. The van der Waals surface area contributed by atoms with Crippen LogP contribution in [-0.4, -0.2) is 64.7 Å². The molecule has 9 nitrogen and oxygen atoms in total. The highest BCUT2D eigenvalue weighted by atomic mass is 16.5. The van der Waals surface area contributed by atoms with Crippen molar-refractivity contribution in [2.24, 2.45) is 0 Å². The van der Waals surface area contributed by atoms with Gasteiger partial charge in [-0.2, -0.15) is 5.10 Å². The van der Waals surface area contributed by atoms with Crippen molar-refractivity contribution in [1.29, 1.82) is 0 Å². The first-order valence-corrected chi connectivity index (χ1v) is 12.7. The predicted molar refractivity (Wildman–Crippen MR) is 142 cm³/mol. The fourth-order valence-corrected chi connectivity index (χ4v) is 4.37. The molecule has 37 heavy (non-hydrogen) atoms. The quantitative estimate of drug-likeness (QED) is 0.384. The van der Waals surface area contributed by atoms with Gasteiger partial charge in [-0.3, -0.25) is 24.6 Å². The number of carbonyl (C=O) groups excluding carboxylic acids is 2. The summed E-state index contributed by atoms with van der Waals surface area (Å²) in [7, 11) is 0. The average Bonchev–Trinajstić information content (AvgIpc) is 3.67. The number of hydrogen-bond acceptors (Lipinski definition) is 6. The average molecular weight is 501 g/mol. The molecule has 0 spiro atoms. The lowest BCUT2D eigenvalue weighted by molar-refractivity contribution is -0.117. The van der Waals surface area contributed by atoms with Crippen LogP contribution in [-0.2, 0) is 14.3 Å². The highest BCUT2D eigenvalue weighted by Gasteiger charge is 2.26. The van der Waals surface area contributed by atoms with Crippen LogP contribution in [0.3, 0.4) is 0 Å². The minimum atomic E-state index is -0.390. The number of ether oxygens (including phenoxy) is 1. The van der Waals surface area contributed by atoms with Gasteiger partial charge in [-0.05, 0) is 37.0 Å². The molecule has 2 aliphatic rings. The van der Waals surface area contributed by atoms with Gasteiger partial charge >= 0.3 is 0 Å². The fourth-order valence-electron chi connectivity index (χ4n) is 4.37. The van der Waals surface area contributed by atoms with E-state index in [1.807, 2.05) is 43.3 Å². The summed E-state index contributed by atoms with van der Waals surface area (Å²) in [6.45, 7) is 5.78. The predicted octanol–water partition coefficient (Wildman–Crippen LogP) is 3.92. The molecule has 1 saturated heterocycles. The van der Waals surface area contributed by atoms with Crippen molar-refractivity contribution in [2.75, 3.05) is 43.5 Å². The fraction of sp³-hybridized carbons (Fsp3) is 0.357. The number of aromatic amines is 1. The maximum Gasteiger partial charge on any atom is 0.248 e. The second-order valence-corrected chi connectivity index (χ2v) is 9.55. The largest absolute Gasteiger partial charge is 0.379 e. The van der Waals surface area contributed by atoms with Crippen molar-refractivity contribution in [3.05, 3.63) is 72.2 Å². The van der Waals surface area contributed by atoms with Crippen LogP contribution in [0, 0.1) is 0 Å². The molecule has 2 aromatic heterocycles. The molecule has 0 radical (unpaired) electrons. The summed E-state index contributed by atoms with van der Waals surface area (Å²) in [4.78, 5) is 32.0. The van der Waals surface area contributed by atoms with Gasteiger partial charge in [0.05, 0.1) is 24.8 Å². The zero-order valence-electron chi connectivity index (χ0n) is 20.9. The molecule has 1 aliphatic carbocycles. The summed E-state index contributed by atoms with van der Waals surface area (Å²) in [5.41, 5.74) is 4.25. The zero-order valence-corrected chi connectivity index (χ0v) is 20.9. The van der Waals surface area contributed by atoms with Gasteiger partial charge in [0, 0.05) is 61.3 Å². The van der Waals surface area contributed by atoms with Gasteiger partial charge in [-0.15, -0.1) is 0 Å². The molecular formula is C28H32N6O3. The maximum atomic E-state index is 12.9. The van der Waals surface area contributed by atoms with Crippen molar-refractivity contribution in [1.82, 2.24) is 20.1 Å². The monoisotopic (exact) mass is 500 g/mol. The molecule has 1 unspecified atom stereocenters. The Kier molecular flexibility index (Phi) is 7.72. The molecular weight excluding hydrogens is 468 g/mol. The van der Waals surface area contributed by atoms with E-state index in [0.29, 0.717) is 24.0 Å². The first-order chi connectivity index (χ1) is 18.1. The molecule has 2 amide bonds. The number of anilines is 2. The number of carbonyl (C=O) groups is 2. The van der Waals surface area contributed by atoms with Crippen LogP contribution >= 0.6 is 0 Å². The molecule has 2 fully saturated rings. The summed E-state index contributed by atoms with van der Waals surface area (Å²) < 4.78 is 5.36. The van der Waals surface area contributed by atoms with Gasteiger partial charge in [0.25, 0.3) is 0 Å². The van der Waals surface area contributed by atoms with E-state index < -0.39 is 0 Å². The van der Waals surface area contributed by atoms with Crippen LogP contribution in [0.2, 0.25) is 0 Å². The number of amides is 2. The molecule has 3 heterocycles. The number of pyridine rings is 1. The Morgan fingerprint density at radius 3 is 2.84 bits per heavy atom. The zero-order chi connectivity index (χ0) is 25.6. The molecule has 3 aromatic rings. The molecule has 1 atom stereocenters. The van der Waals surface area contributed by atoms with Crippen LogP contribution in [0.5, 0.6) is 0 Å². The lowest BCUT2D eigenvalue weighted by Gasteiger charge is -2.25. The smallest absolute Gasteiger partial charge is 0.248 e. The number of nitrogens with zero attached hydrogens (tertiary/aromatic N) is 3. The normalized spacial score (nSPS) is 17.0. The van der Waals surface area contributed by atoms with Crippen molar-refractivity contribution >= 4 is 23.3 Å². The molecule has 9 heteroatoms. The number of nitrogens with one attached hydrogen (secondary N) is 3. The van der Waals surface area contributed by atoms with E-state index in [4.69, 9.17) is 4.74 Å². The number of rotatable bonds is 9.